The van der Waals surface area contributed by atoms with Gasteiger partial charge in [-0.1, -0.05) is 18.2 Å². The second kappa shape index (κ2) is 5.79. The molecule has 0 fully saturated rings. The molecule has 90 valence electrons. The number of rotatable bonds is 4. The Bertz CT molecular complexity index is 490. The summed E-state index contributed by atoms with van der Waals surface area (Å²) in [6.45, 7) is 3.53. The van der Waals surface area contributed by atoms with Gasteiger partial charge in [0.15, 0.2) is 0 Å². The molecule has 1 aromatic carbocycles. The lowest BCUT2D eigenvalue weighted by atomic mass is 10.2. The van der Waals surface area contributed by atoms with Gasteiger partial charge in [0.1, 0.15) is 0 Å². The molecule has 7 heteroatoms. The first-order chi connectivity index (χ1) is 7.91. The standard InChI is InChI=1S/C10H8BrClN2O3/c1-6(12)5-13-10(15)7-2-3-8(11)9(4-7)14(16)17/h2-4H,1,5H2,(H,13,15). The van der Waals surface area contributed by atoms with Gasteiger partial charge in [-0.05, 0) is 28.1 Å². The lowest BCUT2D eigenvalue weighted by Gasteiger charge is -2.04. The fraction of sp³-hybridized carbons (Fsp3) is 0.100. The number of carbonyl (C=O) groups is 1. The highest BCUT2D eigenvalue weighted by atomic mass is 79.9. The third-order valence-corrected chi connectivity index (χ3v) is 2.65. The molecule has 0 aliphatic heterocycles. The number of amides is 1. The van der Waals surface area contributed by atoms with Crippen LogP contribution in [0.5, 0.6) is 0 Å². The first-order valence-electron chi connectivity index (χ1n) is 4.47. The molecule has 0 aromatic heterocycles. The van der Waals surface area contributed by atoms with E-state index in [1.54, 1.807) is 0 Å². The Hall–Kier alpha value is -1.40. The van der Waals surface area contributed by atoms with Crippen LogP contribution in [0.25, 0.3) is 0 Å². The predicted molar refractivity (Wildman–Crippen MR) is 68.1 cm³/mol. The van der Waals surface area contributed by atoms with Crippen LogP contribution in [0.15, 0.2) is 34.3 Å². The Balaban J connectivity index is 2.92. The fourth-order valence-corrected chi connectivity index (χ4v) is 1.53. The molecule has 1 N–H and O–H groups in total. The summed E-state index contributed by atoms with van der Waals surface area (Å²) in [5, 5.41) is 13.4. The average Bonchev–Trinajstić information content (AvgIpc) is 2.26. The van der Waals surface area contributed by atoms with E-state index in [0.29, 0.717) is 4.47 Å². The first kappa shape index (κ1) is 13.7. The van der Waals surface area contributed by atoms with Crippen LogP contribution >= 0.6 is 27.5 Å². The summed E-state index contributed by atoms with van der Waals surface area (Å²) in [5.74, 6) is -0.442. The maximum absolute atomic E-state index is 11.6. The van der Waals surface area contributed by atoms with Crippen LogP contribution in [-0.2, 0) is 0 Å². The van der Waals surface area contributed by atoms with Gasteiger partial charge in [-0.25, -0.2) is 0 Å². The number of hydrogen-bond donors (Lipinski definition) is 1. The monoisotopic (exact) mass is 318 g/mol. The second-order valence-corrected chi connectivity index (χ2v) is 4.51. The summed E-state index contributed by atoms with van der Waals surface area (Å²) in [5.41, 5.74) is 0.0279. The van der Waals surface area contributed by atoms with Gasteiger partial charge in [0.25, 0.3) is 11.6 Å². The van der Waals surface area contributed by atoms with Crippen LogP contribution in [0.4, 0.5) is 5.69 Å². The minimum absolute atomic E-state index is 0.115. The number of nitrogens with one attached hydrogen (secondary N) is 1. The molecule has 0 heterocycles. The summed E-state index contributed by atoms with van der Waals surface area (Å²) < 4.78 is 0.320. The number of nitro benzene ring substituents is 1. The van der Waals surface area contributed by atoms with Crippen molar-refractivity contribution in [1.29, 1.82) is 0 Å². The predicted octanol–water partition coefficient (Wildman–Crippen LogP) is 2.84. The molecular weight excluding hydrogens is 311 g/mol. The number of benzene rings is 1. The Morgan fingerprint density at radius 1 is 1.59 bits per heavy atom. The fourth-order valence-electron chi connectivity index (χ4n) is 1.07. The Kier molecular flexibility index (Phi) is 4.65. The zero-order chi connectivity index (χ0) is 13.0. The van der Waals surface area contributed by atoms with Crippen molar-refractivity contribution in [3.63, 3.8) is 0 Å². The zero-order valence-corrected chi connectivity index (χ0v) is 10.9. The Morgan fingerprint density at radius 2 is 2.24 bits per heavy atom. The molecule has 0 unspecified atom stereocenters. The van der Waals surface area contributed by atoms with Crippen LogP contribution < -0.4 is 5.32 Å². The van der Waals surface area contributed by atoms with E-state index < -0.39 is 10.8 Å². The van der Waals surface area contributed by atoms with E-state index in [2.05, 4.69) is 27.8 Å². The van der Waals surface area contributed by atoms with Crippen molar-refractivity contribution >= 4 is 39.1 Å². The summed E-state index contributed by atoms with van der Waals surface area (Å²) >= 11 is 8.53. The van der Waals surface area contributed by atoms with Crippen molar-refractivity contribution in [1.82, 2.24) is 5.32 Å². The van der Waals surface area contributed by atoms with E-state index in [-0.39, 0.29) is 22.8 Å². The van der Waals surface area contributed by atoms with Crippen molar-refractivity contribution in [3.8, 4) is 0 Å². The van der Waals surface area contributed by atoms with E-state index in [0.717, 1.165) is 0 Å². The smallest absolute Gasteiger partial charge is 0.284 e. The van der Waals surface area contributed by atoms with E-state index >= 15 is 0 Å². The number of hydrogen-bond acceptors (Lipinski definition) is 3. The number of halogens is 2. The quantitative estimate of drug-likeness (QED) is 0.685. The third-order valence-electron chi connectivity index (χ3n) is 1.85. The molecule has 0 radical (unpaired) electrons. The van der Waals surface area contributed by atoms with Gasteiger partial charge in [-0.2, -0.15) is 0 Å². The van der Waals surface area contributed by atoms with Gasteiger partial charge < -0.3 is 5.32 Å². The van der Waals surface area contributed by atoms with Crippen LogP contribution in [0, 0.1) is 10.1 Å². The van der Waals surface area contributed by atoms with Crippen molar-refractivity contribution in [2.24, 2.45) is 0 Å². The van der Waals surface area contributed by atoms with Crippen LogP contribution in [0.3, 0.4) is 0 Å². The summed E-state index contributed by atoms with van der Waals surface area (Å²) in [4.78, 5) is 21.7. The minimum atomic E-state index is -0.568. The molecule has 1 rings (SSSR count). The van der Waals surface area contributed by atoms with Crippen molar-refractivity contribution < 1.29 is 9.72 Å². The third kappa shape index (κ3) is 3.83. The zero-order valence-electron chi connectivity index (χ0n) is 8.57. The molecule has 1 aromatic rings. The molecule has 0 bridgehead atoms. The second-order valence-electron chi connectivity index (χ2n) is 3.12. The lowest BCUT2D eigenvalue weighted by Crippen LogP contribution is -2.24. The first-order valence-corrected chi connectivity index (χ1v) is 5.64. The van der Waals surface area contributed by atoms with Crippen LogP contribution in [0.1, 0.15) is 10.4 Å². The molecule has 0 spiro atoms. The van der Waals surface area contributed by atoms with Crippen molar-refractivity contribution in [3.05, 3.63) is 50.0 Å². The Morgan fingerprint density at radius 3 is 2.76 bits per heavy atom. The Labute approximate surface area is 111 Å². The maximum atomic E-state index is 11.6. The summed E-state index contributed by atoms with van der Waals surface area (Å²) in [6.07, 6.45) is 0. The lowest BCUT2D eigenvalue weighted by molar-refractivity contribution is -0.385. The van der Waals surface area contributed by atoms with Gasteiger partial charge in [-0.15, -0.1) is 0 Å². The molecule has 1 amide bonds. The highest BCUT2D eigenvalue weighted by molar-refractivity contribution is 9.10. The molecule has 0 saturated carbocycles. The molecular formula is C10H8BrClN2O3. The SMILES string of the molecule is C=C(Cl)CNC(=O)c1ccc(Br)c([N+](=O)[O-])c1. The molecule has 0 saturated heterocycles. The number of nitrogens with zero attached hydrogens (tertiary/aromatic N) is 1. The van der Waals surface area contributed by atoms with Crippen LogP contribution in [0.2, 0.25) is 0 Å². The van der Waals surface area contributed by atoms with Gasteiger partial charge in [0, 0.05) is 16.7 Å². The number of carbonyl (C=O) groups excluding carboxylic acids is 1. The largest absolute Gasteiger partial charge is 0.347 e. The van der Waals surface area contributed by atoms with Gasteiger partial charge >= 0.3 is 0 Å². The number of nitro groups is 1. The molecule has 5 nitrogen and oxygen atoms in total. The van der Waals surface area contributed by atoms with E-state index in [1.165, 1.54) is 18.2 Å². The van der Waals surface area contributed by atoms with E-state index in [1.807, 2.05) is 0 Å². The summed E-state index contributed by atoms with van der Waals surface area (Å²) in [6, 6.07) is 4.11. The van der Waals surface area contributed by atoms with Crippen molar-refractivity contribution in [2.75, 3.05) is 6.54 Å². The van der Waals surface area contributed by atoms with Gasteiger partial charge in [0.2, 0.25) is 0 Å². The van der Waals surface area contributed by atoms with E-state index in [9.17, 15) is 14.9 Å². The normalized spacial score (nSPS) is 9.76. The summed E-state index contributed by atoms with van der Waals surface area (Å²) in [7, 11) is 0. The van der Waals surface area contributed by atoms with Crippen LogP contribution in [-0.4, -0.2) is 17.4 Å². The highest BCUT2D eigenvalue weighted by Crippen LogP contribution is 2.25. The molecule has 0 aliphatic rings. The average molecular weight is 320 g/mol. The maximum Gasteiger partial charge on any atom is 0.284 e. The highest BCUT2D eigenvalue weighted by Gasteiger charge is 2.15. The molecule has 0 atom stereocenters. The molecule has 17 heavy (non-hydrogen) atoms. The van der Waals surface area contributed by atoms with E-state index in [4.69, 9.17) is 11.6 Å². The molecule has 0 aliphatic carbocycles. The van der Waals surface area contributed by atoms with Gasteiger partial charge in [0.05, 0.1) is 15.9 Å². The minimum Gasteiger partial charge on any atom is -0.347 e. The van der Waals surface area contributed by atoms with Crippen molar-refractivity contribution in [2.45, 2.75) is 0 Å². The topological polar surface area (TPSA) is 72.2 Å². The van der Waals surface area contributed by atoms with Gasteiger partial charge in [-0.3, -0.25) is 14.9 Å².